The van der Waals surface area contributed by atoms with E-state index in [0.717, 1.165) is 6.07 Å². The number of ether oxygens (including phenoxy) is 1. The van der Waals surface area contributed by atoms with Crippen LogP contribution in [0, 0.1) is 23.4 Å². The van der Waals surface area contributed by atoms with E-state index in [1.807, 2.05) is 0 Å². The second kappa shape index (κ2) is 4.39. The summed E-state index contributed by atoms with van der Waals surface area (Å²) >= 11 is 0. The first-order chi connectivity index (χ1) is 8.04. The van der Waals surface area contributed by atoms with Crippen LogP contribution in [0.15, 0.2) is 6.07 Å². The fraction of sp³-hybridized carbons (Fsp3) is 0.417. The minimum absolute atomic E-state index is 0.170. The lowest BCUT2D eigenvalue weighted by Crippen LogP contribution is -2.25. The van der Waals surface area contributed by atoms with Gasteiger partial charge in [0.25, 0.3) is 0 Å². The van der Waals surface area contributed by atoms with Crippen molar-refractivity contribution in [1.82, 2.24) is 0 Å². The topological polar surface area (TPSA) is 26.3 Å². The first-order valence-electron chi connectivity index (χ1n) is 5.27. The van der Waals surface area contributed by atoms with Gasteiger partial charge in [0.05, 0.1) is 13.0 Å². The van der Waals surface area contributed by atoms with E-state index in [2.05, 4.69) is 4.74 Å². The number of methoxy groups -OCH3 is 1. The zero-order chi connectivity index (χ0) is 12.6. The molecule has 1 atom stereocenters. The molecule has 0 spiro atoms. The van der Waals surface area contributed by atoms with E-state index in [0.29, 0.717) is 12.0 Å². The van der Waals surface area contributed by atoms with Crippen LogP contribution in [0.4, 0.5) is 13.2 Å². The Morgan fingerprint density at radius 1 is 1.35 bits per heavy atom. The Bertz CT molecular complexity index is 471. The molecule has 0 saturated carbocycles. The van der Waals surface area contributed by atoms with Crippen LogP contribution in [0.5, 0.6) is 0 Å². The van der Waals surface area contributed by atoms with Crippen LogP contribution in [-0.2, 0) is 22.4 Å². The molecule has 0 aliphatic heterocycles. The number of benzene rings is 1. The Balaban J connectivity index is 2.36. The highest BCUT2D eigenvalue weighted by molar-refractivity contribution is 5.73. The number of carbonyl (C=O) groups is 1. The molecule has 0 saturated heterocycles. The van der Waals surface area contributed by atoms with Gasteiger partial charge in [-0.05, 0) is 36.5 Å². The predicted octanol–water partition coefficient (Wildman–Crippen LogP) is 2.38. The molecular formula is C12H11F3O2. The molecule has 1 aromatic rings. The highest BCUT2D eigenvalue weighted by Crippen LogP contribution is 2.30. The molecule has 5 heteroatoms. The molecule has 2 nitrogen and oxygen atoms in total. The van der Waals surface area contributed by atoms with Crippen molar-refractivity contribution in [3.63, 3.8) is 0 Å². The number of halogens is 3. The van der Waals surface area contributed by atoms with Crippen LogP contribution in [0.1, 0.15) is 17.5 Å². The Morgan fingerprint density at radius 2 is 2.06 bits per heavy atom. The first-order valence-corrected chi connectivity index (χ1v) is 5.27. The summed E-state index contributed by atoms with van der Waals surface area (Å²) in [6.07, 6.45) is 0.802. The van der Waals surface area contributed by atoms with Gasteiger partial charge in [-0.2, -0.15) is 0 Å². The number of rotatable bonds is 1. The Morgan fingerprint density at radius 3 is 2.71 bits per heavy atom. The van der Waals surface area contributed by atoms with Gasteiger partial charge in [-0.1, -0.05) is 0 Å². The second-order valence-electron chi connectivity index (χ2n) is 4.09. The molecule has 0 aromatic heterocycles. The second-order valence-corrected chi connectivity index (χ2v) is 4.09. The first kappa shape index (κ1) is 12.0. The number of carbonyl (C=O) groups excluding carboxylic acids is 1. The van der Waals surface area contributed by atoms with Gasteiger partial charge in [0.15, 0.2) is 17.5 Å². The molecule has 1 aliphatic carbocycles. The maximum absolute atomic E-state index is 13.4. The molecule has 1 unspecified atom stereocenters. The summed E-state index contributed by atoms with van der Waals surface area (Å²) in [5, 5.41) is 0. The fourth-order valence-electron chi connectivity index (χ4n) is 2.19. The average molecular weight is 244 g/mol. The van der Waals surface area contributed by atoms with E-state index in [1.54, 1.807) is 0 Å². The van der Waals surface area contributed by atoms with Gasteiger partial charge in [0.1, 0.15) is 0 Å². The van der Waals surface area contributed by atoms with Crippen LogP contribution in [0.3, 0.4) is 0 Å². The highest BCUT2D eigenvalue weighted by atomic mass is 19.2. The lowest BCUT2D eigenvalue weighted by Gasteiger charge is -2.23. The summed E-state index contributed by atoms with van der Waals surface area (Å²) in [6, 6.07) is 0.961. The number of esters is 1. The van der Waals surface area contributed by atoms with Crippen LogP contribution >= 0.6 is 0 Å². The molecule has 0 amide bonds. The standard InChI is InChI=1S/C12H11F3O2/c1-17-12(16)6-2-3-8-7(4-6)5-9(13)11(15)10(8)14/h5-6H,2-4H2,1H3. The van der Waals surface area contributed by atoms with Gasteiger partial charge < -0.3 is 4.74 Å². The van der Waals surface area contributed by atoms with Crippen molar-refractivity contribution in [1.29, 1.82) is 0 Å². The molecule has 1 aliphatic rings. The lowest BCUT2D eigenvalue weighted by molar-refractivity contribution is -0.145. The minimum Gasteiger partial charge on any atom is -0.469 e. The Labute approximate surface area is 96.4 Å². The molecule has 17 heavy (non-hydrogen) atoms. The third-order valence-corrected chi connectivity index (χ3v) is 3.10. The molecule has 0 fully saturated rings. The minimum atomic E-state index is -1.44. The molecular weight excluding hydrogens is 233 g/mol. The molecule has 92 valence electrons. The van der Waals surface area contributed by atoms with Crippen molar-refractivity contribution in [2.75, 3.05) is 7.11 Å². The molecule has 0 radical (unpaired) electrons. The van der Waals surface area contributed by atoms with Crippen LogP contribution < -0.4 is 0 Å². The van der Waals surface area contributed by atoms with Gasteiger partial charge in [0.2, 0.25) is 0 Å². The maximum Gasteiger partial charge on any atom is 0.309 e. The Kier molecular flexibility index (Phi) is 3.09. The maximum atomic E-state index is 13.4. The van der Waals surface area contributed by atoms with E-state index >= 15 is 0 Å². The summed E-state index contributed by atoms with van der Waals surface area (Å²) in [4.78, 5) is 11.3. The van der Waals surface area contributed by atoms with Gasteiger partial charge >= 0.3 is 5.97 Å². The van der Waals surface area contributed by atoms with Gasteiger partial charge in [-0.3, -0.25) is 4.79 Å². The average Bonchev–Trinajstić information content (AvgIpc) is 2.34. The van der Waals surface area contributed by atoms with Crippen molar-refractivity contribution < 1.29 is 22.7 Å². The summed E-state index contributed by atoms with van der Waals surface area (Å²) in [6.45, 7) is 0. The SMILES string of the molecule is COC(=O)C1CCc2c(cc(F)c(F)c2F)C1. The smallest absolute Gasteiger partial charge is 0.309 e. The molecule has 0 bridgehead atoms. The third-order valence-electron chi connectivity index (χ3n) is 3.10. The van der Waals surface area contributed by atoms with Gasteiger partial charge in [-0.25, -0.2) is 13.2 Å². The van der Waals surface area contributed by atoms with Crippen molar-refractivity contribution in [3.05, 3.63) is 34.6 Å². The number of hydrogen-bond donors (Lipinski definition) is 0. The van der Waals surface area contributed by atoms with Crippen molar-refractivity contribution in [2.45, 2.75) is 19.3 Å². The fourth-order valence-corrected chi connectivity index (χ4v) is 2.19. The zero-order valence-electron chi connectivity index (χ0n) is 9.23. The van der Waals surface area contributed by atoms with E-state index in [4.69, 9.17) is 0 Å². The van der Waals surface area contributed by atoms with Crippen molar-refractivity contribution >= 4 is 5.97 Å². The van der Waals surface area contributed by atoms with Crippen LogP contribution in [0.25, 0.3) is 0 Å². The monoisotopic (exact) mass is 244 g/mol. The van der Waals surface area contributed by atoms with Crippen molar-refractivity contribution in [3.8, 4) is 0 Å². The van der Waals surface area contributed by atoms with Gasteiger partial charge in [0, 0.05) is 0 Å². The summed E-state index contributed by atoms with van der Waals surface area (Å²) in [5.41, 5.74) is 0.520. The normalized spacial score (nSPS) is 18.7. The van der Waals surface area contributed by atoms with Crippen LogP contribution in [-0.4, -0.2) is 13.1 Å². The quantitative estimate of drug-likeness (QED) is 0.560. The predicted molar refractivity (Wildman–Crippen MR) is 53.8 cm³/mol. The van der Waals surface area contributed by atoms with E-state index < -0.39 is 29.3 Å². The summed E-state index contributed by atoms with van der Waals surface area (Å²) in [7, 11) is 1.27. The summed E-state index contributed by atoms with van der Waals surface area (Å²) < 4.78 is 44.1. The zero-order valence-corrected chi connectivity index (χ0v) is 9.23. The Hall–Kier alpha value is -1.52. The largest absolute Gasteiger partial charge is 0.469 e. The van der Waals surface area contributed by atoms with E-state index in [1.165, 1.54) is 7.11 Å². The molecule has 0 N–H and O–H groups in total. The molecule has 1 aromatic carbocycles. The lowest BCUT2D eigenvalue weighted by atomic mass is 9.83. The number of fused-ring (bicyclic) bond motifs is 1. The van der Waals surface area contributed by atoms with Crippen LogP contribution in [0.2, 0.25) is 0 Å². The van der Waals surface area contributed by atoms with E-state index in [-0.39, 0.29) is 18.4 Å². The molecule has 2 rings (SSSR count). The third kappa shape index (κ3) is 2.01. The molecule has 0 heterocycles. The van der Waals surface area contributed by atoms with E-state index in [9.17, 15) is 18.0 Å². The summed E-state index contributed by atoms with van der Waals surface area (Å²) in [5.74, 6) is -4.60. The van der Waals surface area contributed by atoms with Gasteiger partial charge in [-0.15, -0.1) is 0 Å². The number of hydrogen-bond acceptors (Lipinski definition) is 2. The highest BCUT2D eigenvalue weighted by Gasteiger charge is 2.29. The van der Waals surface area contributed by atoms with Crippen molar-refractivity contribution in [2.24, 2.45) is 5.92 Å².